The van der Waals surface area contributed by atoms with Crippen LogP contribution in [-0.2, 0) is 4.79 Å². The number of rotatable bonds is 7. The van der Waals surface area contributed by atoms with E-state index in [0.717, 1.165) is 11.3 Å². The van der Waals surface area contributed by atoms with Gasteiger partial charge >= 0.3 is 0 Å². The normalized spacial score (nSPS) is 10.7. The van der Waals surface area contributed by atoms with Crippen molar-refractivity contribution in [3.63, 3.8) is 0 Å². The van der Waals surface area contributed by atoms with Crippen molar-refractivity contribution in [1.29, 1.82) is 0 Å². The number of benzene rings is 3. The second kappa shape index (κ2) is 9.61. The van der Waals surface area contributed by atoms with E-state index in [1.807, 2.05) is 31.2 Å². The Morgan fingerprint density at radius 3 is 2.33 bits per heavy atom. The van der Waals surface area contributed by atoms with Crippen LogP contribution in [0.4, 0.5) is 15.8 Å². The van der Waals surface area contributed by atoms with Crippen molar-refractivity contribution in [2.24, 2.45) is 0 Å². The quantitative estimate of drug-likeness (QED) is 0.234. The number of carbonyl (C=O) groups is 1. The summed E-state index contributed by atoms with van der Waals surface area (Å²) in [6.45, 7) is 1.97. The van der Waals surface area contributed by atoms with Gasteiger partial charge in [0.05, 0.1) is 10.7 Å². The first kappa shape index (κ1) is 22.2. The molecule has 1 aromatic heterocycles. The Kier molecular flexibility index (Phi) is 6.45. The van der Waals surface area contributed by atoms with E-state index in [-0.39, 0.29) is 23.2 Å². The van der Waals surface area contributed by atoms with Crippen LogP contribution in [0.3, 0.4) is 0 Å². The fourth-order valence-electron chi connectivity index (χ4n) is 3.07. The van der Waals surface area contributed by atoms with Crippen molar-refractivity contribution in [1.82, 2.24) is 14.8 Å². The summed E-state index contributed by atoms with van der Waals surface area (Å²) in [4.78, 5) is 22.9. The molecule has 1 amide bonds. The molecule has 1 N–H and O–H groups in total. The first-order chi connectivity index (χ1) is 15.9. The zero-order chi connectivity index (χ0) is 23.4. The van der Waals surface area contributed by atoms with Crippen molar-refractivity contribution in [3.05, 3.63) is 94.3 Å². The van der Waals surface area contributed by atoms with E-state index in [1.54, 1.807) is 16.7 Å². The third-order valence-corrected chi connectivity index (χ3v) is 5.65. The lowest BCUT2D eigenvalue weighted by Gasteiger charge is -2.11. The number of thioether (sulfide) groups is 1. The summed E-state index contributed by atoms with van der Waals surface area (Å²) >= 11 is 1.20. The minimum atomic E-state index is -0.463. The molecule has 0 fully saturated rings. The highest BCUT2D eigenvalue weighted by Crippen LogP contribution is 2.29. The SMILES string of the molecule is Cc1ccc(-n2c(SCC(=O)Nc3ccc(F)cc3)nnc2-c2ccc([N+](=O)[O-])cc2)cc1. The summed E-state index contributed by atoms with van der Waals surface area (Å²) in [6, 6.07) is 19.3. The Morgan fingerprint density at radius 2 is 1.70 bits per heavy atom. The maximum absolute atomic E-state index is 13.1. The summed E-state index contributed by atoms with van der Waals surface area (Å²) in [7, 11) is 0. The summed E-state index contributed by atoms with van der Waals surface area (Å²) in [6.07, 6.45) is 0. The number of amides is 1. The summed E-state index contributed by atoms with van der Waals surface area (Å²) < 4.78 is 14.9. The fraction of sp³-hybridized carbons (Fsp3) is 0.0870. The number of aryl methyl sites for hydroxylation is 1. The smallest absolute Gasteiger partial charge is 0.269 e. The number of hydrogen-bond acceptors (Lipinski definition) is 6. The summed E-state index contributed by atoms with van der Waals surface area (Å²) in [5.74, 6) is -0.105. The van der Waals surface area contributed by atoms with E-state index in [2.05, 4.69) is 15.5 Å². The molecule has 0 spiro atoms. The number of nitrogens with one attached hydrogen (secondary N) is 1. The van der Waals surface area contributed by atoms with Crippen molar-refractivity contribution in [3.8, 4) is 17.1 Å². The molecule has 0 aliphatic rings. The van der Waals surface area contributed by atoms with Gasteiger partial charge in [-0.1, -0.05) is 29.5 Å². The maximum atomic E-state index is 13.1. The van der Waals surface area contributed by atoms with Crippen LogP contribution in [0.5, 0.6) is 0 Å². The Labute approximate surface area is 192 Å². The van der Waals surface area contributed by atoms with Gasteiger partial charge in [-0.25, -0.2) is 4.39 Å². The molecular formula is C23H18FN5O3S. The van der Waals surface area contributed by atoms with Crippen LogP contribution in [-0.4, -0.2) is 31.3 Å². The molecule has 0 unspecified atom stereocenters. The average molecular weight is 463 g/mol. The van der Waals surface area contributed by atoms with Crippen LogP contribution >= 0.6 is 11.8 Å². The molecule has 0 aliphatic carbocycles. The Hall–Kier alpha value is -4.05. The lowest BCUT2D eigenvalue weighted by molar-refractivity contribution is -0.384. The minimum Gasteiger partial charge on any atom is -0.325 e. The molecular weight excluding hydrogens is 445 g/mol. The average Bonchev–Trinajstić information content (AvgIpc) is 3.24. The molecule has 33 heavy (non-hydrogen) atoms. The molecule has 0 aliphatic heterocycles. The van der Waals surface area contributed by atoms with Crippen molar-refractivity contribution < 1.29 is 14.1 Å². The van der Waals surface area contributed by atoms with Gasteiger partial charge in [0.2, 0.25) is 5.91 Å². The van der Waals surface area contributed by atoms with Gasteiger partial charge in [0.25, 0.3) is 5.69 Å². The molecule has 166 valence electrons. The number of carbonyl (C=O) groups excluding carboxylic acids is 1. The third kappa shape index (κ3) is 5.24. The number of non-ortho nitro benzene ring substituents is 1. The van der Waals surface area contributed by atoms with Gasteiger partial charge in [-0.3, -0.25) is 19.5 Å². The van der Waals surface area contributed by atoms with Gasteiger partial charge in [-0.2, -0.15) is 0 Å². The highest BCUT2D eigenvalue weighted by molar-refractivity contribution is 7.99. The molecule has 1 heterocycles. The third-order valence-electron chi connectivity index (χ3n) is 4.72. The van der Waals surface area contributed by atoms with Crippen LogP contribution in [0.25, 0.3) is 17.1 Å². The van der Waals surface area contributed by atoms with E-state index in [4.69, 9.17) is 0 Å². The predicted octanol–water partition coefficient (Wildman–Crippen LogP) is 5.02. The standard InChI is InChI=1S/C23H18FN5O3S/c1-15-2-10-19(11-3-15)28-22(16-4-12-20(13-5-16)29(31)32)26-27-23(28)33-14-21(30)25-18-8-6-17(24)7-9-18/h2-13H,14H2,1H3,(H,25,30). The molecule has 0 radical (unpaired) electrons. The number of hydrogen-bond donors (Lipinski definition) is 1. The highest BCUT2D eigenvalue weighted by atomic mass is 32.2. The van der Waals surface area contributed by atoms with Crippen LogP contribution in [0.15, 0.2) is 78.0 Å². The van der Waals surface area contributed by atoms with E-state index in [9.17, 15) is 19.3 Å². The number of halogens is 1. The van der Waals surface area contributed by atoms with Crippen LogP contribution in [0, 0.1) is 22.9 Å². The van der Waals surface area contributed by atoms with Gasteiger partial charge in [0.1, 0.15) is 5.82 Å². The number of nitro benzene ring substituents is 1. The molecule has 0 saturated carbocycles. The highest BCUT2D eigenvalue weighted by Gasteiger charge is 2.18. The number of anilines is 1. The lowest BCUT2D eigenvalue weighted by Crippen LogP contribution is -2.14. The lowest BCUT2D eigenvalue weighted by atomic mass is 10.2. The Morgan fingerprint density at radius 1 is 1.03 bits per heavy atom. The van der Waals surface area contributed by atoms with E-state index >= 15 is 0 Å². The second-order valence-electron chi connectivity index (χ2n) is 7.12. The van der Waals surface area contributed by atoms with Crippen molar-refractivity contribution >= 4 is 29.0 Å². The van der Waals surface area contributed by atoms with Crippen molar-refractivity contribution in [2.45, 2.75) is 12.1 Å². The molecule has 0 saturated heterocycles. The molecule has 3 aromatic carbocycles. The van der Waals surface area contributed by atoms with Gasteiger partial charge in [-0.15, -0.1) is 10.2 Å². The molecule has 8 nitrogen and oxygen atoms in total. The zero-order valence-corrected chi connectivity index (χ0v) is 18.3. The Balaban J connectivity index is 1.60. The second-order valence-corrected chi connectivity index (χ2v) is 8.07. The minimum absolute atomic E-state index is 0.0211. The molecule has 4 aromatic rings. The zero-order valence-electron chi connectivity index (χ0n) is 17.4. The number of aromatic nitrogens is 3. The summed E-state index contributed by atoms with van der Waals surface area (Å²) in [5.41, 5.74) is 2.99. The fourth-order valence-corrected chi connectivity index (χ4v) is 3.82. The van der Waals surface area contributed by atoms with E-state index in [0.29, 0.717) is 22.2 Å². The molecule has 4 rings (SSSR count). The van der Waals surface area contributed by atoms with Crippen LogP contribution in [0.1, 0.15) is 5.56 Å². The molecule has 0 bridgehead atoms. The topological polar surface area (TPSA) is 103 Å². The van der Waals surface area contributed by atoms with Gasteiger partial charge in [0.15, 0.2) is 11.0 Å². The number of nitro groups is 1. The maximum Gasteiger partial charge on any atom is 0.269 e. The van der Waals surface area contributed by atoms with E-state index < -0.39 is 4.92 Å². The monoisotopic (exact) mass is 463 g/mol. The van der Waals surface area contributed by atoms with Gasteiger partial charge in [-0.05, 0) is 55.5 Å². The van der Waals surface area contributed by atoms with Crippen LogP contribution < -0.4 is 5.32 Å². The predicted molar refractivity (Wildman–Crippen MR) is 124 cm³/mol. The first-order valence-corrected chi connectivity index (χ1v) is 10.8. The Bertz CT molecular complexity index is 1290. The first-order valence-electron chi connectivity index (χ1n) is 9.86. The summed E-state index contributed by atoms with van der Waals surface area (Å²) in [5, 5.41) is 22.7. The van der Waals surface area contributed by atoms with Gasteiger partial charge < -0.3 is 5.32 Å². The molecule has 10 heteroatoms. The van der Waals surface area contributed by atoms with Crippen molar-refractivity contribution in [2.75, 3.05) is 11.1 Å². The molecule has 0 atom stereocenters. The van der Waals surface area contributed by atoms with Gasteiger partial charge in [0, 0.05) is 29.1 Å². The largest absolute Gasteiger partial charge is 0.325 e. The van der Waals surface area contributed by atoms with E-state index in [1.165, 1.54) is 48.2 Å². The number of nitrogens with zero attached hydrogens (tertiary/aromatic N) is 4. The van der Waals surface area contributed by atoms with Crippen LogP contribution in [0.2, 0.25) is 0 Å².